The summed E-state index contributed by atoms with van der Waals surface area (Å²) >= 11 is 0. The number of rotatable bonds is 10. The van der Waals surface area contributed by atoms with Gasteiger partial charge in [0, 0.05) is 12.0 Å². The van der Waals surface area contributed by atoms with E-state index in [2.05, 4.69) is 6.92 Å². The van der Waals surface area contributed by atoms with E-state index in [0.717, 1.165) is 18.4 Å². The summed E-state index contributed by atoms with van der Waals surface area (Å²) in [6.45, 7) is 3.97. The van der Waals surface area contributed by atoms with Crippen LogP contribution < -0.4 is 10.5 Å². The monoisotopic (exact) mass is 293 g/mol. The van der Waals surface area contributed by atoms with Crippen molar-refractivity contribution in [2.45, 2.75) is 51.5 Å². The van der Waals surface area contributed by atoms with Crippen molar-refractivity contribution in [3.8, 4) is 5.75 Å². The van der Waals surface area contributed by atoms with E-state index < -0.39 is 5.54 Å². The molecule has 0 fully saturated rings. The van der Waals surface area contributed by atoms with Crippen LogP contribution in [0, 0.1) is 0 Å². The summed E-state index contributed by atoms with van der Waals surface area (Å²) < 4.78 is 5.51. The molecular formula is C17H27NO3. The highest BCUT2D eigenvalue weighted by atomic mass is 16.5. The standard InChI is InChI=1S/C17H27NO3/c1-3-4-5-6-7-16(20)14-8-10-15(11-9-14)21-13-17(2,18)12-19/h8-11,19H,3-7,12-13,18H2,1-2H3. The SMILES string of the molecule is CCCCCCC(=O)c1ccc(OCC(C)(N)CO)cc1. The molecule has 0 aliphatic carbocycles. The molecule has 1 atom stereocenters. The summed E-state index contributed by atoms with van der Waals surface area (Å²) in [5.41, 5.74) is 5.76. The normalized spacial score (nSPS) is 13.7. The van der Waals surface area contributed by atoms with Crippen molar-refractivity contribution in [1.82, 2.24) is 0 Å². The van der Waals surface area contributed by atoms with Crippen molar-refractivity contribution < 1.29 is 14.6 Å². The van der Waals surface area contributed by atoms with Gasteiger partial charge in [0.15, 0.2) is 5.78 Å². The lowest BCUT2D eigenvalue weighted by Gasteiger charge is -2.21. The number of ether oxygens (including phenoxy) is 1. The van der Waals surface area contributed by atoms with Crippen LogP contribution in [0.2, 0.25) is 0 Å². The van der Waals surface area contributed by atoms with Gasteiger partial charge in [0.2, 0.25) is 0 Å². The van der Waals surface area contributed by atoms with E-state index in [0.29, 0.717) is 12.2 Å². The van der Waals surface area contributed by atoms with Gasteiger partial charge in [0.1, 0.15) is 12.4 Å². The second-order valence-electron chi connectivity index (χ2n) is 5.86. The third-order valence-corrected chi connectivity index (χ3v) is 3.36. The Hall–Kier alpha value is -1.39. The van der Waals surface area contributed by atoms with Crippen LogP contribution in [0.5, 0.6) is 5.75 Å². The second kappa shape index (κ2) is 8.80. The highest BCUT2D eigenvalue weighted by Gasteiger charge is 2.17. The lowest BCUT2D eigenvalue weighted by atomic mass is 10.0. The van der Waals surface area contributed by atoms with Gasteiger partial charge >= 0.3 is 0 Å². The minimum atomic E-state index is -0.756. The maximum Gasteiger partial charge on any atom is 0.162 e. The summed E-state index contributed by atoms with van der Waals surface area (Å²) in [7, 11) is 0. The minimum Gasteiger partial charge on any atom is -0.492 e. The van der Waals surface area contributed by atoms with Gasteiger partial charge in [-0.05, 0) is 37.6 Å². The molecule has 0 aliphatic heterocycles. The number of nitrogens with two attached hydrogens (primary N) is 1. The van der Waals surface area contributed by atoms with E-state index in [-0.39, 0.29) is 19.0 Å². The molecule has 1 unspecified atom stereocenters. The van der Waals surface area contributed by atoms with Gasteiger partial charge in [-0.3, -0.25) is 4.79 Å². The number of benzene rings is 1. The van der Waals surface area contributed by atoms with Crippen molar-refractivity contribution in [1.29, 1.82) is 0 Å². The van der Waals surface area contributed by atoms with Gasteiger partial charge in [-0.2, -0.15) is 0 Å². The number of carbonyl (C=O) groups is 1. The fraction of sp³-hybridized carbons (Fsp3) is 0.588. The van der Waals surface area contributed by atoms with Crippen LogP contribution in [-0.2, 0) is 0 Å². The van der Waals surface area contributed by atoms with E-state index in [1.54, 1.807) is 31.2 Å². The highest BCUT2D eigenvalue weighted by Crippen LogP contribution is 2.16. The molecule has 0 aliphatic rings. The molecule has 1 aromatic rings. The summed E-state index contributed by atoms with van der Waals surface area (Å²) in [6, 6.07) is 7.11. The smallest absolute Gasteiger partial charge is 0.162 e. The van der Waals surface area contributed by atoms with E-state index >= 15 is 0 Å². The number of aliphatic hydroxyl groups excluding tert-OH is 1. The first kappa shape index (κ1) is 17.7. The van der Waals surface area contributed by atoms with Crippen LogP contribution in [0.25, 0.3) is 0 Å². The Balaban J connectivity index is 2.44. The maximum absolute atomic E-state index is 12.0. The van der Waals surface area contributed by atoms with Crippen molar-refractivity contribution in [3.63, 3.8) is 0 Å². The molecule has 3 N–H and O–H groups in total. The second-order valence-corrected chi connectivity index (χ2v) is 5.86. The first-order valence-electron chi connectivity index (χ1n) is 7.64. The Kier molecular flexibility index (Phi) is 7.40. The molecule has 0 heterocycles. The first-order valence-corrected chi connectivity index (χ1v) is 7.64. The molecule has 1 aromatic carbocycles. The number of Topliss-reactive ketones (excluding diaryl/α,β-unsaturated/α-hetero) is 1. The molecule has 0 bridgehead atoms. The molecule has 1 rings (SSSR count). The zero-order chi connectivity index (χ0) is 15.7. The highest BCUT2D eigenvalue weighted by molar-refractivity contribution is 5.96. The van der Waals surface area contributed by atoms with Crippen LogP contribution >= 0.6 is 0 Å². The Labute approximate surface area is 127 Å². The molecule has 0 saturated carbocycles. The summed E-state index contributed by atoms with van der Waals surface area (Å²) in [6.07, 6.45) is 5.02. The number of carbonyl (C=O) groups excluding carboxylic acids is 1. The van der Waals surface area contributed by atoms with E-state index in [4.69, 9.17) is 15.6 Å². The quantitative estimate of drug-likeness (QED) is 0.514. The van der Waals surface area contributed by atoms with Crippen LogP contribution in [0.3, 0.4) is 0 Å². The third-order valence-electron chi connectivity index (χ3n) is 3.36. The minimum absolute atomic E-state index is 0.138. The molecule has 21 heavy (non-hydrogen) atoms. The fourth-order valence-corrected chi connectivity index (χ4v) is 1.89. The average molecular weight is 293 g/mol. The predicted molar refractivity (Wildman–Crippen MR) is 84.7 cm³/mol. The van der Waals surface area contributed by atoms with Gasteiger partial charge in [0.05, 0.1) is 12.1 Å². The zero-order valence-corrected chi connectivity index (χ0v) is 13.1. The number of hydrogen-bond acceptors (Lipinski definition) is 4. The Morgan fingerprint density at radius 2 is 1.90 bits per heavy atom. The topological polar surface area (TPSA) is 72.5 Å². The lowest BCUT2D eigenvalue weighted by Crippen LogP contribution is -2.45. The van der Waals surface area contributed by atoms with Crippen molar-refractivity contribution >= 4 is 5.78 Å². The van der Waals surface area contributed by atoms with E-state index in [1.165, 1.54) is 12.8 Å². The average Bonchev–Trinajstić information content (AvgIpc) is 2.50. The molecule has 0 saturated heterocycles. The van der Waals surface area contributed by atoms with E-state index in [1.807, 2.05) is 0 Å². The number of unbranched alkanes of at least 4 members (excludes halogenated alkanes) is 3. The number of aliphatic hydroxyl groups is 1. The molecule has 0 aromatic heterocycles. The molecule has 0 spiro atoms. The van der Waals surface area contributed by atoms with E-state index in [9.17, 15) is 4.79 Å². The number of hydrogen-bond donors (Lipinski definition) is 2. The maximum atomic E-state index is 12.0. The molecule has 0 amide bonds. The van der Waals surface area contributed by atoms with Gasteiger partial charge in [-0.1, -0.05) is 26.2 Å². The zero-order valence-electron chi connectivity index (χ0n) is 13.1. The summed E-state index contributed by atoms with van der Waals surface area (Å²) in [5.74, 6) is 0.833. The van der Waals surface area contributed by atoms with Crippen LogP contribution in [0.4, 0.5) is 0 Å². The summed E-state index contributed by atoms with van der Waals surface area (Å²) in [4.78, 5) is 12.0. The largest absolute Gasteiger partial charge is 0.492 e. The van der Waals surface area contributed by atoms with Crippen molar-refractivity contribution in [2.24, 2.45) is 5.73 Å². The first-order chi connectivity index (χ1) is 9.98. The van der Waals surface area contributed by atoms with Gasteiger partial charge in [-0.15, -0.1) is 0 Å². The van der Waals surface area contributed by atoms with Gasteiger partial charge in [0.25, 0.3) is 0 Å². The summed E-state index contributed by atoms with van der Waals surface area (Å²) in [5, 5.41) is 9.06. The number of ketones is 1. The molecule has 0 radical (unpaired) electrons. The Morgan fingerprint density at radius 1 is 1.24 bits per heavy atom. The van der Waals surface area contributed by atoms with Gasteiger partial charge in [-0.25, -0.2) is 0 Å². The lowest BCUT2D eigenvalue weighted by molar-refractivity contribution is 0.0979. The van der Waals surface area contributed by atoms with Crippen LogP contribution in [-0.4, -0.2) is 29.6 Å². The van der Waals surface area contributed by atoms with Crippen molar-refractivity contribution in [3.05, 3.63) is 29.8 Å². The molecular weight excluding hydrogens is 266 g/mol. The van der Waals surface area contributed by atoms with Crippen molar-refractivity contribution in [2.75, 3.05) is 13.2 Å². The Bertz CT molecular complexity index is 426. The van der Waals surface area contributed by atoms with Crippen LogP contribution in [0.1, 0.15) is 56.3 Å². The third kappa shape index (κ3) is 6.74. The molecule has 4 heteroatoms. The molecule has 4 nitrogen and oxygen atoms in total. The van der Waals surface area contributed by atoms with Gasteiger partial charge < -0.3 is 15.6 Å². The fourth-order valence-electron chi connectivity index (χ4n) is 1.89. The molecule has 118 valence electrons. The predicted octanol–water partition coefficient (Wildman–Crippen LogP) is 2.93. The van der Waals surface area contributed by atoms with Crippen LogP contribution in [0.15, 0.2) is 24.3 Å². The Morgan fingerprint density at radius 3 is 2.48 bits per heavy atom.